The van der Waals surface area contributed by atoms with Crippen LogP contribution in [0.1, 0.15) is 48.9 Å². The van der Waals surface area contributed by atoms with Gasteiger partial charge >= 0.3 is 0 Å². The van der Waals surface area contributed by atoms with Crippen molar-refractivity contribution in [2.24, 2.45) is 0 Å². The highest BCUT2D eigenvalue weighted by Gasteiger charge is 2.22. The molecule has 8 nitrogen and oxygen atoms in total. The fraction of sp³-hybridized carbons (Fsp3) is 0.227. The molecule has 0 aliphatic heterocycles. The maximum Gasteiger partial charge on any atom is 0.276 e. The van der Waals surface area contributed by atoms with Crippen LogP contribution in [0.2, 0.25) is 0 Å². The molecule has 0 aliphatic rings. The smallest absolute Gasteiger partial charge is 0.276 e. The molecule has 0 radical (unpaired) electrons. The Balaban J connectivity index is 1.89. The summed E-state index contributed by atoms with van der Waals surface area (Å²) in [6.45, 7) is 3.85. The van der Waals surface area contributed by atoms with Crippen LogP contribution in [0.4, 0.5) is 0 Å². The standard InChI is InChI=1S/C22H19N7O/c1-14(2)19-20(27-21-16(10-24)11-26-29(21)22(19)30)17-12-25-28(13-17)18(8-9-23)15-6-4-3-5-7-15/h3-7,11-14,18,26H,8H2,1-2H3. The summed E-state index contributed by atoms with van der Waals surface area (Å²) in [6, 6.07) is 13.7. The first-order valence-corrected chi connectivity index (χ1v) is 9.55. The average molecular weight is 397 g/mol. The normalized spacial score (nSPS) is 12.0. The topological polar surface area (TPSA) is 116 Å². The summed E-state index contributed by atoms with van der Waals surface area (Å²) in [4.78, 5) is 17.7. The van der Waals surface area contributed by atoms with Gasteiger partial charge in [-0.1, -0.05) is 44.2 Å². The van der Waals surface area contributed by atoms with Crippen molar-refractivity contribution in [2.45, 2.75) is 32.2 Å². The molecule has 148 valence electrons. The van der Waals surface area contributed by atoms with Crippen molar-refractivity contribution >= 4 is 5.65 Å². The highest BCUT2D eigenvalue weighted by atomic mass is 16.1. The summed E-state index contributed by atoms with van der Waals surface area (Å²) in [5.74, 6) is -0.0851. The summed E-state index contributed by atoms with van der Waals surface area (Å²) >= 11 is 0. The maximum absolute atomic E-state index is 13.1. The van der Waals surface area contributed by atoms with Crippen LogP contribution in [0.5, 0.6) is 0 Å². The lowest BCUT2D eigenvalue weighted by Gasteiger charge is -2.15. The second-order valence-corrected chi connectivity index (χ2v) is 7.29. The lowest BCUT2D eigenvalue weighted by Crippen LogP contribution is -2.22. The third-order valence-electron chi connectivity index (χ3n) is 5.06. The highest BCUT2D eigenvalue weighted by Crippen LogP contribution is 2.28. The van der Waals surface area contributed by atoms with Gasteiger partial charge in [0.2, 0.25) is 0 Å². The molecule has 3 aromatic heterocycles. The van der Waals surface area contributed by atoms with Crippen molar-refractivity contribution in [3.05, 3.63) is 76.0 Å². The van der Waals surface area contributed by atoms with Crippen molar-refractivity contribution in [3.8, 4) is 23.4 Å². The monoisotopic (exact) mass is 397 g/mol. The zero-order valence-electron chi connectivity index (χ0n) is 16.6. The summed E-state index contributed by atoms with van der Waals surface area (Å²) in [5, 5.41) is 25.9. The molecule has 0 saturated heterocycles. The predicted octanol–water partition coefficient (Wildman–Crippen LogP) is 3.38. The fourth-order valence-corrected chi connectivity index (χ4v) is 3.61. The third kappa shape index (κ3) is 3.15. The molecule has 8 heteroatoms. The highest BCUT2D eigenvalue weighted by molar-refractivity contribution is 5.67. The van der Waals surface area contributed by atoms with Gasteiger partial charge in [-0.2, -0.15) is 15.6 Å². The minimum Gasteiger partial charge on any atom is -0.295 e. The number of aromatic nitrogens is 5. The molecule has 0 saturated carbocycles. The van der Waals surface area contributed by atoms with E-state index in [1.54, 1.807) is 17.1 Å². The zero-order valence-corrected chi connectivity index (χ0v) is 16.6. The molecule has 1 unspecified atom stereocenters. The maximum atomic E-state index is 13.1. The molecular formula is C22H19N7O. The van der Waals surface area contributed by atoms with E-state index in [9.17, 15) is 15.3 Å². The molecule has 30 heavy (non-hydrogen) atoms. The van der Waals surface area contributed by atoms with Gasteiger partial charge in [0.05, 0.1) is 30.4 Å². The predicted molar refractivity (Wildman–Crippen MR) is 111 cm³/mol. The number of benzene rings is 1. The van der Waals surface area contributed by atoms with Gasteiger partial charge in [-0.3, -0.25) is 14.6 Å². The number of hydrogen-bond acceptors (Lipinski definition) is 5. The van der Waals surface area contributed by atoms with Crippen molar-refractivity contribution in [1.82, 2.24) is 24.4 Å². The molecule has 4 aromatic rings. The van der Waals surface area contributed by atoms with E-state index < -0.39 is 0 Å². The molecule has 3 heterocycles. The molecule has 0 fully saturated rings. The van der Waals surface area contributed by atoms with Gasteiger partial charge in [0.15, 0.2) is 5.65 Å². The molecule has 0 bridgehead atoms. The van der Waals surface area contributed by atoms with Gasteiger partial charge in [-0.25, -0.2) is 9.50 Å². The number of nitriles is 2. The number of hydrogen-bond donors (Lipinski definition) is 1. The van der Waals surface area contributed by atoms with Crippen molar-refractivity contribution < 1.29 is 0 Å². The molecular weight excluding hydrogens is 378 g/mol. The van der Waals surface area contributed by atoms with Crippen LogP contribution in [0, 0.1) is 22.7 Å². The van der Waals surface area contributed by atoms with E-state index >= 15 is 0 Å². The number of aromatic amines is 1. The number of H-pyrrole nitrogens is 1. The number of nitrogens with zero attached hydrogens (tertiary/aromatic N) is 6. The first kappa shape index (κ1) is 19.2. The number of fused-ring (bicyclic) bond motifs is 1. The van der Waals surface area contributed by atoms with E-state index in [0.717, 1.165) is 5.56 Å². The van der Waals surface area contributed by atoms with E-state index in [-0.39, 0.29) is 29.6 Å². The second kappa shape index (κ2) is 7.69. The van der Waals surface area contributed by atoms with Crippen molar-refractivity contribution in [3.63, 3.8) is 0 Å². The van der Waals surface area contributed by atoms with E-state index in [1.807, 2.05) is 44.2 Å². The molecule has 0 amide bonds. The van der Waals surface area contributed by atoms with E-state index in [0.29, 0.717) is 22.4 Å². The van der Waals surface area contributed by atoms with Crippen LogP contribution in [0.3, 0.4) is 0 Å². The average Bonchev–Trinajstić information content (AvgIpc) is 3.39. The Kier molecular flexibility index (Phi) is 4.91. The van der Waals surface area contributed by atoms with Crippen LogP contribution in [-0.4, -0.2) is 24.4 Å². The Morgan fingerprint density at radius 3 is 2.63 bits per heavy atom. The Hall–Kier alpha value is -4.17. The summed E-state index contributed by atoms with van der Waals surface area (Å²) in [6.07, 6.45) is 5.18. The fourth-order valence-electron chi connectivity index (χ4n) is 3.61. The largest absolute Gasteiger partial charge is 0.295 e. The van der Waals surface area contributed by atoms with E-state index in [1.165, 1.54) is 10.7 Å². The molecule has 4 rings (SSSR count). The van der Waals surface area contributed by atoms with Crippen LogP contribution < -0.4 is 5.56 Å². The van der Waals surface area contributed by atoms with E-state index in [2.05, 4.69) is 27.3 Å². The molecule has 1 N–H and O–H groups in total. The summed E-state index contributed by atoms with van der Waals surface area (Å²) in [7, 11) is 0. The minimum absolute atomic E-state index is 0.0851. The SMILES string of the molecule is CC(C)c1c(-c2cnn(C(CC#N)c3ccccc3)c2)nc2c(C#N)c[nH]n2c1=O. The first-order valence-electron chi connectivity index (χ1n) is 9.55. The van der Waals surface area contributed by atoms with Gasteiger partial charge in [0.1, 0.15) is 11.6 Å². The quantitative estimate of drug-likeness (QED) is 0.554. The van der Waals surface area contributed by atoms with Crippen LogP contribution in [0.15, 0.2) is 53.7 Å². The lowest BCUT2D eigenvalue weighted by atomic mass is 10.00. The van der Waals surface area contributed by atoms with Gasteiger partial charge < -0.3 is 0 Å². The van der Waals surface area contributed by atoms with Crippen LogP contribution in [0.25, 0.3) is 16.9 Å². The summed E-state index contributed by atoms with van der Waals surface area (Å²) < 4.78 is 3.02. The Labute approximate surface area is 172 Å². The zero-order chi connectivity index (χ0) is 21.3. The van der Waals surface area contributed by atoms with Gasteiger partial charge in [-0.05, 0) is 11.5 Å². The lowest BCUT2D eigenvalue weighted by molar-refractivity contribution is 0.532. The first-order chi connectivity index (χ1) is 14.5. The Morgan fingerprint density at radius 2 is 1.97 bits per heavy atom. The van der Waals surface area contributed by atoms with Crippen LogP contribution in [-0.2, 0) is 0 Å². The Bertz CT molecular complexity index is 1350. The van der Waals surface area contributed by atoms with Crippen molar-refractivity contribution in [1.29, 1.82) is 10.5 Å². The summed E-state index contributed by atoms with van der Waals surface area (Å²) in [5.41, 5.74) is 3.02. The van der Waals surface area contributed by atoms with Crippen molar-refractivity contribution in [2.75, 3.05) is 0 Å². The molecule has 1 atom stereocenters. The molecule has 0 aliphatic carbocycles. The number of rotatable bonds is 5. The van der Waals surface area contributed by atoms with Gasteiger partial charge in [0, 0.05) is 23.5 Å². The Morgan fingerprint density at radius 1 is 1.20 bits per heavy atom. The van der Waals surface area contributed by atoms with Gasteiger partial charge in [-0.15, -0.1) is 0 Å². The van der Waals surface area contributed by atoms with E-state index in [4.69, 9.17) is 0 Å². The molecule has 0 spiro atoms. The second-order valence-electron chi connectivity index (χ2n) is 7.29. The van der Waals surface area contributed by atoms with Crippen LogP contribution >= 0.6 is 0 Å². The number of nitrogens with one attached hydrogen (secondary N) is 1. The van der Waals surface area contributed by atoms with Gasteiger partial charge in [0.25, 0.3) is 5.56 Å². The third-order valence-corrected chi connectivity index (χ3v) is 5.06. The minimum atomic E-state index is -0.251. The molecule has 1 aromatic carbocycles.